The minimum absolute atomic E-state index is 0.0678. The third-order valence-corrected chi connectivity index (χ3v) is 3.79. The molecule has 0 saturated carbocycles. The third kappa shape index (κ3) is 3.50. The number of methoxy groups -OCH3 is 1. The van der Waals surface area contributed by atoms with Crippen molar-refractivity contribution in [3.8, 4) is 23.8 Å². The largest absolute Gasteiger partial charge is 0.493 e. The van der Waals surface area contributed by atoms with Crippen molar-refractivity contribution in [3.05, 3.63) is 53.1 Å². The predicted molar refractivity (Wildman–Crippen MR) is 99.8 cm³/mol. The van der Waals surface area contributed by atoms with E-state index in [1.54, 1.807) is 36.5 Å². The summed E-state index contributed by atoms with van der Waals surface area (Å²) in [5.74, 6) is 3.12. The molecule has 7 heteroatoms. The third-order valence-electron chi connectivity index (χ3n) is 3.52. The first kappa shape index (κ1) is 17.5. The van der Waals surface area contributed by atoms with Crippen molar-refractivity contribution in [2.45, 2.75) is 0 Å². The summed E-state index contributed by atoms with van der Waals surface area (Å²) in [4.78, 5) is 16.5. The van der Waals surface area contributed by atoms with Crippen LogP contribution in [0.3, 0.4) is 0 Å². The highest BCUT2D eigenvalue weighted by Gasteiger charge is 2.11. The Morgan fingerprint density at radius 1 is 1.42 bits per heavy atom. The van der Waals surface area contributed by atoms with Gasteiger partial charge in [-0.3, -0.25) is 9.78 Å². The van der Waals surface area contributed by atoms with Gasteiger partial charge in [-0.15, -0.1) is 6.42 Å². The van der Waals surface area contributed by atoms with Gasteiger partial charge in [0.15, 0.2) is 17.1 Å². The standard InChI is InChI=1S/C19H14N2O4S/c1-3-10-24-15-6-4-13(11-16(15)23-2)5-7-18(22)21-14-8-9-20-12-17(14)25-19(21)26/h1,4-9,11-12H,10H2,2H3. The Morgan fingerprint density at radius 2 is 2.27 bits per heavy atom. The highest BCUT2D eigenvalue weighted by atomic mass is 32.1. The Bertz CT molecular complexity index is 1090. The lowest BCUT2D eigenvalue weighted by atomic mass is 10.2. The molecule has 0 N–H and O–H groups in total. The number of hydrogen-bond donors (Lipinski definition) is 0. The van der Waals surface area contributed by atoms with Crippen molar-refractivity contribution in [1.82, 2.24) is 9.55 Å². The molecular formula is C19H14N2O4S. The number of nitrogens with zero attached hydrogens (tertiary/aromatic N) is 2. The zero-order chi connectivity index (χ0) is 18.5. The predicted octanol–water partition coefficient (Wildman–Crippen LogP) is 3.73. The zero-order valence-corrected chi connectivity index (χ0v) is 14.7. The normalized spacial score (nSPS) is 10.8. The van der Waals surface area contributed by atoms with Gasteiger partial charge in [-0.05, 0) is 42.1 Å². The molecule has 2 aromatic heterocycles. The molecule has 0 radical (unpaired) electrons. The van der Waals surface area contributed by atoms with E-state index in [0.717, 1.165) is 5.56 Å². The molecule has 0 fully saturated rings. The number of pyridine rings is 1. The molecule has 2 heterocycles. The average molecular weight is 366 g/mol. The topological polar surface area (TPSA) is 66.5 Å². The number of terminal acetylenes is 1. The van der Waals surface area contributed by atoms with Crippen molar-refractivity contribution in [2.24, 2.45) is 0 Å². The van der Waals surface area contributed by atoms with Crippen LogP contribution in [0.2, 0.25) is 0 Å². The van der Waals surface area contributed by atoms with E-state index in [9.17, 15) is 4.79 Å². The number of carbonyl (C=O) groups is 1. The molecule has 0 bridgehead atoms. The monoisotopic (exact) mass is 366 g/mol. The van der Waals surface area contributed by atoms with E-state index in [1.807, 2.05) is 0 Å². The van der Waals surface area contributed by atoms with Crippen LogP contribution in [-0.4, -0.2) is 29.2 Å². The lowest BCUT2D eigenvalue weighted by Crippen LogP contribution is -2.06. The lowest BCUT2D eigenvalue weighted by molar-refractivity contribution is 0.0969. The molecule has 0 saturated heterocycles. The van der Waals surface area contributed by atoms with Gasteiger partial charge in [-0.1, -0.05) is 12.0 Å². The lowest BCUT2D eigenvalue weighted by Gasteiger charge is -2.09. The molecule has 3 aromatic rings. The fourth-order valence-electron chi connectivity index (χ4n) is 2.35. The Morgan fingerprint density at radius 3 is 3.04 bits per heavy atom. The van der Waals surface area contributed by atoms with Crippen LogP contribution in [0.25, 0.3) is 17.2 Å². The van der Waals surface area contributed by atoms with Crippen LogP contribution in [0.5, 0.6) is 11.5 Å². The second-order valence-electron chi connectivity index (χ2n) is 5.12. The minimum atomic E-state index is -0.327. The summed E-state index contributed by atoms with van der Waals surface area (Å²) < 4.78 is 17.4. The van der Waals surface area contributed by atoms with Crippen molar-refractivity contribution in [3.63, 3.8) is 0 Å². The molecule has 0 aliphatic carbocycles. The van der Waals surface area contributed by atoms with Gasteiger partial charge >= 0.3 is 0 Å². The Balaban J connectivity index is 1.87. The first-order valence-electron chi connectivity index (χ1n) is 7.56. The Labute approximate surface area is 154 Å². The van der Waals surface area contributed by atoms with Crippen LogP contribution in [0, 0.1) is 17.2 Å². The van der Waals surface area contributed by atoms with E-state index >= 15 is 0 Å². The molecule has 130 valence electrons. The van der Waals surface area contributed by atoms with Gasteiger partial charge in [-0.25, -0.2) is 4.57 Å². The summed E-state index contributed by atoms with van der Waals surface area (Å²) in [6, 6.07) is 6.92. The maximum atomic E-state index is 12.5. The highest BCUT2D eigenvalue weighted by molar-refractivity contribution is 7.71. The van der Waals surface area contributed by atoms with Gasteiger partial charge in [0.25, 0.3) is 10.7 Å². The number of rotatable bonds is 5. The first-order valence-corrected chi connectivity index (χ1v) is 7.97. The van der Waals surface area contributed by atoms with Crippen molar-refractivity contribution < 1.29 is 18.7 Å². The van der Waals surface area contributed by atoms with Crippen molar-refractivity contribution >= 4 is 35.3 Å². The smallest absolute Gasteiger partial charge is 0.276 e. The summed E-state index contributed by atoms with van der Waals surface area (Å²) in [5.41, 5.74) is 1.77. The van der Waals surface area contributed by atoms with Gasteiger partial charge in [0, 0.05) is 12.3 Å². The fourth-order valence-corrected chi connectivity index (χ4v) is 2.63. The van der Waals surface area contributed by atoms with Gasteiger partial charge in [0.2, 0.25) is 0 Å². The zero-order valence-electron chi connectivity index (χ0n) is 13.8. The SMILES string of the molecule is C#CCOc1ccc(C=CC(=O)n2c(=S)oc3cnccc32)cc1OC. The molecule has 0 atom stereocenters. The summed E-state index contributed by atoms with van der Waals surface area (Å²) in [6.07, 6.45) is 11.3. The number of oxazole rings is 1. The minimum Gasteiger partial charge on any atom is -0.493 e. The van der Waals surface area contributed by atoms with E-state index in [2.05, 4.69) is 10.9 Å². The number of fused-ring (bicyclic) bond motifs is 1. The highest BCUT2D eigenvalue weighted by Crippen LogP contribution is 2.28. The quantitative estimate of drug-likeness (QED) is 0.389. The maximum absolute atomic E-state index is 12.5. The number of ether oxygens (including phenoxy) is 2. The first-order chi connectivity index (χ1) is 12.6. The molecule has 0 amide bonds. The van der Waals surface area contributed by atoms with E-state index in [0.29, 0.717) is 22.6 Å². The van der Waals surface area contributed by atoms with Gasteiger partial charge in [0.1, 0.15) is 6.61 Å². The van der Waals surface area contributed by atoms with Gasteiger partial charge in [-0.2, -0.15) is 0 Å². The van der Waals surface area contributed by atoms with E-state index in [4.69, 9.17) is 32.5 Å². The summed E-state index contributed by atoms with van der Waals surface area (Å²) in [6.45, 7) is 0.144. The number of carbonyl (C=O) groups excluding carboxylic acids is 1. The van der Waals surface area contributed by atoms with E-state index < -0.39 is 0 Å². The molecule has 0 unspecified atom stereocenters. The second-order valence-corrected chi connectivity index (χ2v) is 5.47. The van der Waals surface area contributed by atoms with Gasteiger partial charge < -0.3 is 13.9 Å². The summed E-state index contributed by atoms with van der Waals surface area (Å²) in [7, 11) is 1.53. The van der Waals surface area contributed by atoms with Crippen LogP contribution >= 0.6 is 12.2 Å². The molecule has 0 aliphatic heterocycles. The Hall–Kier alpha value is -3.37. The Kier molecular flexibility index (Phi) is 5.15. The maximum Gasteiger partial charge on any atom is 0.276 e. The molecule has 3 rings (SSSR count). The molecule has 6 nitrogen and oxygen atoms in total. The summed E-state index contributed by atoms with van der Waals surface area (Å²) in [5, 5.41) is 0. The molecule has 26 heavy (non-hydrogen) atoms. The number of benzene rings is 1. The van der Waals surface area contributed by atoms with Crippen molar-refractivity contribution in [1.29, 1.82) is 0 Å². The van der Waals surface area contributed by atoms with Crippen LogP contribution in [0.4, 0.5) is 0 Å². The molecule has 0 aliphatic rings. The van der Waals surface area contributed by atoms with Crippen molar-refractivity contribution in [2.75, 3.05) is 13.7 Å². The molecular weight excluding hydrogens is 352 g/mol. The second kappa shape index (κ2) is 7.68. The summed E-state index contributed by atoms with van der Waals surface area (Å²) >= 11 is 5.12. The average Bonchev–Trinajstić information content (AvgIpc) is 3.00. The molecule has 1 aromatic carbocycles. The molecule has 0 spiro atoms. The van der Waals surface area contributed by atoms with Crippen LogP contribution in [0.1, 0.15) is 10.4 Å². The van der Waals surface area contributed by atoms with Gasteiger partial charge in [0.05, 0.1) is 18.8 Å². The fraction of sp³-hybridized carbons (Fsp3) is 0.105. The van der Waals surface area contributed by atoms with Crippen LogP contribution < -0.4 is 9.47 Å². The van der Waals surface area contributed by atoms with E-state index in [-0.39, 0.29) is 17.4 Å². The van der Waals surface area contributed by atoms with Crippen LogP contribution in [0.15, 0.2) is 47.2 Å². The van der Waals surface area contributed by atoms with E-state index in [1.165, 1.54) is 23.9 Å². The van der Waals surface area contributed by atoms with Crippen LogP contribution in [-0.2, 0) is 0 Å². The number of allylic oxidation sites excluding steroid dienone is 1. The number of aromatic nitrogens is 2. The number of hydrogen-bond acceptors (Lipinski definition) is 6.